The second-order valence-corrected chi connectivity index (χ2v) is 19.3. The second kappa shape index (κ2) is 12.4. The number of benzene rings is 1. The highest BCUT2D eigenvalue weighted by atomic mass is 28.4. The van der Waals surface area contributed by atoms with Gasteiger partial charge in [-0.25, -0.2) is 15.0 Å². The summed E-state index contributed by atoms with van der Waals surface area (Å²) in [5.74, 6) is 1.04. The lowest BCUT2D eigenvalue weighted by Crippen LogP contribution is -2.45. The van der Waals surface area contributed by atoms with Crippen LogP contribution in [0.1, 0.15) is 70.5 Å². The van der Waals surface area contributed by atoms with E-state index >= 15 is 0 Å². The monoisotopic (exact) mass is 625 g/mol. The largest absolute Gasteiger partial charge is 0.416 e. The van der Waals surface area contributed by atoms with Gasteiger partial charge in [0.05, 0.1) is 59.3 Å². The van der Waals surface area contributed by atoms with E-state index in [1.54, 1.807) is 6.20 Å². The molecule has 0 saturated heterocycles. The Morgan fingerprint density at radius 3 is 2.67 bits per heavy atom. The average Bonchev–Trinajstić information content (AvgIpc) is 3.67. The summed E-state index contributed by atoms with van der Waals surface area (Å²) in [7, 11) is 0.0404. The Labute approximate surface area is 268 Å². The molecule has 0 unspecified atom stereocenters. The van der Waals surface area contributed by atoms with Crippen LogP contribution >= 0.6 is 0 Å². The maximum atomic E-state index is 10.1. The predicted molar refractivity (Wildman–Crippen MR) is 182 cm³/mol. The van der Waals surface area contributed by atoms with Crippen molar-refractivity contribution in [2.75, 3.05) is 23.8 Å². The molecule has 1 aliphatic heterocycles. The molecule has 0 saturated carbocycles. The van der Waals surface area contributed by atoms with E-state index in [0.717, 1.165) is 52.4 Å². The van der Waals surface area contributed by atoms with Crippen LogP contribution in [-0.4, -0.2) is 50.8 Å². The first-order valence-corrected chi connectivity index (χ1v) is 18.7. The van der Waals surface area contributed by atoms with E-state index < -0.39 is 8.32 Å². The van der Waals surface area contributed by atoms with Gasteiger partial charge in [-0.2, -0.15) is 10.4 Å². The van der Waals surface area contributed by atoms with Gasteiger partial charge in [0.2, 0.25) is 5.95 Å². The number of aryl methyl sites for hydroxylation is 1. The molecule has 45 heavy (non-hydrogen) atoms. The van der Waals surface area contributed by atoms with Crippen LogP contribution in [-0.2, 0) is 29.9 Å². The number of hydrogen-bond donors (Lipinski definition) is 2. The van der Waals surface area contributed by atoms with Crippen molar-refractivity contribution in [3.63, 3.8) is 0 Å². The fourth-order valence-electron chi connectivity index (χ4n) is 5.34. The van der Waals surface area contributed by atoms with Crippen LogP contribution in [0, 0.1) is 17.2 Å². The van der Waals surface area contributed by atoms with Crippen molar-refractivity contribution in [2.45, 2.75) is 84.5 Å². The van der Waals surface area contributed by atoms with Gasteiger partial charge in [-0.3, -0.25) is 4.68 Å². The van der Waals surface area contributed by atoms with Crippen LogP contribution in [0.15, 0.2) is 43.1 Å². The highest BCUT2D eigenvalue weighted by molar-refractivity contribution is 6.74. The first-order valence-electron chi connectivity index (χ1n) is 15.8. The van der Waals surface area contributed by atoms with E-state index in [2.05, 4.69) is 87.4 Å². The number of nitrogens with zero attached hydrogens (tertiary/aromatic N) is 7. The van der Waals surface area contributed by atoms with Gasteiger partial charge in [-0.1, -0.05) is 41.5 Å². The molecule has 4 heterocycles. The van der Waals surface area contributed by atoms with Crippen LogP contribution < -0.4 is 10.6 Å². The lowest BCUT2D eigenvalue weighted by molar-refractivity contribution is 0.220. The molecule has 0 amide bonds. The quantitative estimate of drug-likeness (QED) is 0.171. The van der Waals surface area contributed by atoms with E-state index in [1.807, 2.05) is 47.2 Å². The standard InChI is InChI=1S/C34H47N9OSi/c1-23(2)10-11-30-29(18-39-43(30)19-26-17-36-22-42(26)7)41-32-37-13-12-28(40-32)24-14-25(16-35)31-27(15-24)34(6,20-38-31)21-44-45(8,9)33(3,4)5/h12-15,17-18,22-23,38H,10-11,19-21H2,1-9H3,(H,37,40,41)/t34-/m1/s1. The highest BCUT2D eigenvalue weighted by Gasteiger charge is 2.42. The summed E-state index contributed by atoms with van der Waals surface area (Å²) < 4.78 is 10.7. The van der Waals surface area contributed by atoms with Crippen molar-refractivity contribution in [3.8, 4) is 17.3 Å². The molecule has 10 nitrogen and oxygen atoms in total. The van der Waals surface area contributed by atoms with Gasteiger partial charge in [0.15, 0.2) is 8.32 Å². The Balaban J connectivity index is 1.44. The molecule has 3 aromatic heterocycles. The van der Waals surface area contributed by atoms with Crippen LogP contribution in [0.4, 0.5) is 17.3 Å². The van der Waals surface area contributed by atoms with E-state index in [4.69, 9.17) is 14.5 Å². The molecule has 0 bridgehead atoms. The number of rotatable bonds is 11. The van der Waals surface area contributed by atoms with E-state index in [9.17, 15) is 5.26 Å². The molecule has 0 fully saturated rings. The number of fused-ring (bicyclic) bond motifs is 1. The Morgan fingerprint density at radius 1 is 1.22 bits per heavy atom. The maximum absolute atomic E-state index is 10.1. The second-order valence-electron chi connectivity index (χ2n) is 14.5. The molecule has 0 radical (unpaired) electrons. The summed E-state index contributed by atoms with van der Waals surface area (Å²) in [6.45, 7) is 20.0. The van der Waals surface area contributed by atoms with Gasteiger partial charge >= 0.3 is 0 Å². The Kier molecular flexibility index (Phi) is 8.93. The van der Waals surface area contributed by atoms with Gasteiger partial charge in [0, 0.05) is 37.4 Å². The summed E-state index contributed by atoms with van der Waals surface area (Å²) in [6.07, 6.45) is 9.20. The van der Waals surface area contributed by atoms with Crippen molar-refractivity contribution in [3.05, 3.63) is 65.6 Å². The fraction of sp³-hybridized carbons (Fsp3) is 0.500. The van der Waals surface area contributed by atoms with Gasteiger partial charge in [0.1, 0.15) is 6.07 Å². The van der Waals surface area contributed by atoms with E-state index in [1.165, 1.54) is 0 Å². The average molecular weight is 626 g/mol. The smallest absolute Gasteiger partial charge is 0.227 e. The predicted octanol–water partition coefficient (Wildman–Crippen LogP) is 7.03. The van der Waals surface area contributed by atoms with Crippen molar-refractivity contribution in [1.29, 1.82) is 5.26 Å². The molecule has 238 valence electrons. The lowest BCUT2D eigenvalue weighted by atomic mass is 9.83. The summed E-state index contributed by atoms with van der Waals surface area (Å²) in [4.78, 5) is 13.7. The zero-order valence-corrected chi connectivity index (χ0v) is 29.2. The Hall–Kier alpha value is -4.01. The summed E-state index contributed by atoms with van der Waals surface area (Å²) in [6, 6.07) is 8.38. The minimum absolute atomic E-state index is 0.117. The molecular formula is C34H47N9OSi. The zero-order valence-electron chi connectivity index (χ0n) is 28.2. The lowest BCUT2D eigenvalue weighted by Gasteiger charge is -2.39. The summed E-state index contributed by atoms with van der Waals surface area (Å²) in [5, 5.41) is 21.9. The third-order valence-electron chi connectivity index (χ3n) is 9.46. The number of nitrogens with one attached hydrogen (secondary N) is 2. The van der Waals surface area contributed by atoms with Crippen LogP contribution in [0.3, 0.4) is 0 Å². The first kappa shape index (κ1) is 32.4. The molecule has 5 rings (SSSR count). The zero-order chi connectivity index (χ0) is 32.6. The number of imidazole rings is 1. The maximum Gasteiger partial charge on any atom is 0.227 e. The topological polar surface area (TPSA) is 118 Å². The molecule has 0 aliphatic carbocycles. The minimum Gasteiger partial charge on any atom is -0.416 e. The number of anilines is 3. The van der Waals surface area contributed by atoms with Crippen LogP contribution in [0.2, 0.25) is 18.1 Å². The molecule has 1 aliphatic rings. The van der Waals surface area contributed by atoms with Crippen molar-refractivity contribution < 1.29 is 4.43 Å². The molecule has 1 atom stereocenters. The summed E-state index contributed by atoms with van der Waals surface area (Å²) in [5.41, 5.74) is 7.03. The van der Waals surface area contributed by atoms with Crippen molar-refractivity contribution in [2.24, 2.45) is 13.0 Å². The minimum atomic E-state index is -1.95. The van der Waals surface area contributed by atoms with E-state index in [-0.39, 0.29) is 10.5 Å². The van der Waals surface area contributed by atoms with Gasteiger partial charge in [0.25, 0.3) is 0 Å². The van der Waals surface area contributed by atoms with Gasteiger partial charge < -0.3 is 19.6 Å². The SMILES string of the molecule is CC(C)CCc1c(Nc2nccc(-c3cc(C#N)c4c(c3)[C@@](C)(CO[Si](C)(C)C(C)(C)C)CN4)n2)cnn1Cc1cncn1C. The Bertz CT molecular complexity index is 1710. The molecular weight excluding hydrogens is 579 g/mol. The first-order chi connectivity index (χ1) is 21.2. The third-order valence-corrected chi connectivity index (χ3v) is 13.9. The normalized spacial score (nSPS) is 16.5. The van der Waals surface area contributed by atoms with Crippen molar-refractivity contribution >= 4 is 25.6 Å². The fourth-order valence-corrected chi connectivity index (χ4v) is 6.45. The molecule has 0 spiro atoms. The highest BCUT2D eigenvalue weighted by Crippen LogP contribution is 2.44. The van der Waals surface area contributed by atoms with Crippen LogP contribution in [0.25, 0.3) is 11.3 Å². The summed E-state index contributed by atoms with van der Waals surface area (Å²) >= 11 is 0. The number of aromatic nitrogens is 6. The third kappa shape index (κ3) is 6.82. The molecule has 4 aromatic rings. The Morgan fingerprint density at radius 2 is 2.00 bits per heavy atom. The van der Waals surface area contributed by atoms with E-state index in [0.29, 0.717) is 37.1 Å². The molecule has 2 N–H and O–H groups in total. The number of nitriles is 1. The number of hydrogen-bond acceptors (Lipinski definition) is 8. The van der Waals surface area contributed by atoms with Gasteiger partial charge in [-0.15, -0.1) is 0 Å². The van der Waals surface area contributed by atoms with Gasteiger partial charge in [-0.05, 0) is 60.7 Å². The van der Waals surface area contributed by atoms with Crippen molar-refractivity contribution in [1.82, 2.24) is 29.3 Å². The molecule has 11 heteroatoms. The van der Waals surface area contributed by atoms with Crippen LogP contribution in [0.5, 0.6) is 0 Å². The molecule has 1 aromatic carbocycles.